The van der Waals surface area contributed by atoms with Crippen LogP contribution in [0.5, 0.6) is 0 Å². The molecule has 1 aromatic rings. The highest BCUT2D eigenvalue weighted by molar-refractivity contribution is 5.74. The molecule has 0 saturated carbocycles. The van der Waals surface area contributed by atoms with Gasteiger partial charge in [0.05, 0.1) is 13.0 Å². The fourth-order valence-corrected chi connectivity index (χ4v) is 2.34. The predicted molar refractivity (Wildman–Crippen MR) is 66.5 cm³/mol. The van der Waals surface area contributed by atoms with Gasteiger partial charge in [0.15, 0.2) is 0 Å². The molecular formula is C12H17N3O3. The number of esters is 1. The Balaban J connectivity index is 2.21. The van der Waals surface area contributed by atoms with Crippen molar-refractivity contribution in [2.45, 2.75) is 13.8 Å². The van der Waals surface area contributed by atoms with E-state index in [0.717, 1.165) is 0 Å². The van der Waals surface area contributed by atoms with Crippen LogP contribution in [0.15, 0.2) is 10.9 Å². The van der Waals surface area contributed by atoms with E-state index in [-0.39, 0.29) is 23.4 Å². The lowest BCUT2D eigenvalue weighted by Gasteiger charge is -2.16. The van der Waals surface area contributed by atoms with Crippen LogP contribution in [0, 0.1) is 18.8 Å². The molecule has 2 unspecified atom stereocenters. The van der Waals surface area contributed by atoms with Gasteiger partial charge in [-0.25, -0.2) is 4.98 Å². The molecule has 2 atom stereocenters. The lowest BCUT2D eigenvalue weighted by atomic mass is 9.99. The Kier molecular flexibility index (Phi) is 3.36. The molecule has 1 fully saturated rings. The maximum absolute atomic E-state index is 11.6. The summed E-state index contributed by atoms with van der Waals surface area (Å²) < 4.78 is 4.78. The number of carbonyl (C=O) groups excluding carboxylic acids is 1. The number of ether oxygens (including phenoxy) is 1. The summed E-state index contributed by atoms with van der Waals surface area (Å²) in [5, 5.41) is 0. The molecule has 98 valence electrons. The normalized spacial score (nSPS) is 23.2. The molecule has 1 aliphatic rings. The molecule has 0 aliphatic carbocycles. The fourth-order valence-electron chi connectivity index (χ4n) is 2.34. The van der Waals surface area contributed by atoms with Gasteiger partial charge in [-0.3, -0.25) is 9.59 Å². The van der Waals surface area contributed by atoms with Gasteiger partial charge in [0, 0.05) is 19.2 Å². The second kappa shape index (κ2) is 4.80. The molecule has 0 bridgehead atoms. The maximum atomic E-state index is 11.6. The second-order valence-corrected chi connectivity index (χ2v) is 4.70. The molecule has 2 rings (SSSR count). The number of aryl methyl sites for hydroxylation is 1. The van der Waals surface area contributed by atoms with Crippen molar-refractivity contribution in [1.29, 1.82) is 0 Å². The molecule has 1 aliphatic heterocycles. The van der Waals surface area contributed by atoms with E-state index in [1.165, 1.54) is 13.2 Å². The molecule has 0 radical (unpaired) electrons. The van der Waals surface area contributed by atoms with Gasteiger partial charge in [-0.1, -0.05) is 6.92 Å². The molecule has 18 heavy (non-hydrogen) atoms. The number of H-pyrrole nitrogens is 1. The van der Waals surface area contributed by atoms with Crippen molar-refractivity contribution in [3.8, 4) is 0 Å². The van der Waals surface area contributed by atoms with E-state index in [2.05, 4.69) is 9.97 Å². The molecule has 6 heteroatoms. The Hall–Kier alpha value is -1.85. The number of hydrogen-bond acceptors (Lipinski definition) is 5. The molecule has 1 aromatic heterocycles. The Morgan fingerprint density at radius 1 is 1.56 bits per heavy atom. The highest BCUT2D eigenvalue weighted by Crippen LogP contribution is 2.27. The van der Waals surface area contributed by atoms with E-state index < -0.39 is 0 Å². The number of methoxy groups -OCH3 is 1. The zero-order valence-electron chi connectivity index (χ0n) is 10.8. The number of nitrogens with zero attached hydrogens (tertiary/aromatic N) is 2. The second-order valence-electron chi connectivity index (χ2n) is 4.70. The molecule has 0 amide bonds. The first-order chi connectivity index (χ1) is 8.51. The summed E-state index contributed by atoms with van der Waals surface area (Å²) in [6, 6.07) is 1.46. The number of aromatic amines is 1. The smallest absolute Gasteiger partial charge is 0.310 e. The monoisotopic (exact) mass is 251 g/mol. The summed E-state index contributed by atoms with van der Waals surface area (Å²) in [6.45, 7) is 4.99. The summed E-state index contributed by atoms with van der Waals surface area (Å²) in [5.41, 5.74) is -0.174. The lowest BCUT2D eigenvalue weighted by molar-refractivity contribution is -0.145. The summed E-state index contributed by atoms with van der Waals surface area (Å²) >= 11 is 0. The fraction of sp³-hybridized carbons (Fsp3) is 0.583. The zero-order valence-corrected chi connectivity index (χ0v) is 10.8. The van der Waals surface area contributed by atoms with E-state index in [1.807, 2.05) is 11.8 Å². The number of nitrogens with one attached hydrogen (secondary N) is 1. The largest absolute Gasteiger partial charge is 0.469 e. The third-order valence-corrected chi connectivity index (χ3v) is 3.29. The van der Waals surface area contributed by atoms with Crippen LogP contribution in [0.1, 0.15) is 12.7 Å². The summed E-state index contributed by atoms with van der Waals surface area (Å²) in [4.78, 5) is 31.9. The molecule has 0 spiro atoms. The van der Waals surface area contributed by atoms with Crippen LogP contribution in [0.25, 0.3) is 0 Å². The van der Waals surface area contributed by atoms with E-state index in [9.17, 15) is 9.59 Å². The third kappa shape index (κ3) is 2.37. The van der Waals surface area contributed by atoms with Crippen molar-refractivity contribution in [3.63, 3.8) is 0 Å². The summed E-state index contributed by atoms with van der Waals surface area (Å²) in [7, 11) is 1.40. The summed E-state index contributed by atoms with van der Waals surface area (Å²) in [6.07, 6.45) is 0. The van der Waals surface area contributed by atoms with Crippen molar-refractivity contribution in [3.05, 3.63) is 22.2 Å². The van der Waals surface area contributed by atoms with Crippen LogP contribution < -0.4 is 10.5 Å². The quantitative estimate of drug-likeness (QED) is 0.766. The predicted octanol–water partition coefficient (Wildman–Crippen LogP) is 0.324. The number of hydrogen-bond donors (Lipinski definition) is 1. The van der Waals surface area contributed by atoms with Crippen LogP contribution in [-0.4, -0.2) is 36.1 Å². The Labute approximate surface area is 105 Å². The SMILES string of the molecule is COC(=O)C1CN(c2cc(=O)[nH]c(C)n2)CC1C. The van der Waals surface area contributed by atoms with Crippen LogP contribution in [0.2, 0.25) is 0 Å². The standard InChI is InChI=1S/C12H17N3O3/c1-7-5-15(6-9(7)12(17)18-3)10-4-11(16)14-8(2)13-10/h4,7,9H,5-6H2,1-3H3,(H,13,14,16). The topological polar surface area (TPSA) is 75.3 Å². The average molecular weight is 251 g/mol. The van der Waals surface area contributed by atoms with Gasteiger partial charge in [-0.15, -0.1) is 0 Å². The molecule has 1 N–H and O–H groups in total. The van der Waals surface area contributed by atoms with Crippen LogP contribution >= 0.6 is 0 Å². The van der Waals surface area contributed by atoms with Crippen molar-refractivity contribution in [2.75, 3.05) is 25.1 Å². The number of aromatic nitrogens is 2. The number of carbonyl (C=O) groups is 1. The highest BCUT2D eigenvalue weighted by Gasteiger charge is 2.36. The van der Waals surface area contributed by atoms with Gasteiger partial charge in [0.2, 0.25) is 0 Å². The first-order valence-corrected chi connectivity index (χ1v) is 5.92. The average Bonchev–Trinajstić information content (AvgIpc) is 2.69. The van der Waals surface area contributed by atoms with Gasteiger partial charge in [-0.05, 0) is 12.8 Å². The van der Waals surface area contributed by atoms with E-state index >= 15 is 0 Å². The molecule has 2 heterocycles. The Morgan fingerprint density at radius 2 is 2.28 bits per heavy atom. The molecular weight excluding hydrogens is 234 g/mol. The van der Waals surface area contributed by atoms with E-state index in [4.69, 9.17) is 4.74 Å². The lowest BCUT2D eigenvalue weighted by Crippen LogP contribution is -2.26. The van der Waals surface area contributed by atoms with Gasteiger partial charge in [0.25, 0.3) is 5.56 Å². The van der Waals surface area contributed by atoms with E-state index in [0.29, 0.717) is 24.7 Å². The van der Waals surface area contributed by atoms with Gasteiger partial charge >= 0.3 is 5.97 Å². The number of rotatable bonds is 2. The van der Waals surface area contributed by atoms with Crippen molar-refractivity contribution in [1.82, 2.24) is 9.97 Å². The first-order valence-electron chi connectivity index (χ1n) is 5.92. The highest BCUT2D eigenvalue weighted by atomic mass is 16.5. The van der Waals surface area contributed by atoms with Crippen molar-refractivity contribution < 1.29 is 9.53 Å². The minimum Gasteiger partial charge on any atom is -0.469 e. The maximum Gasteiger partial charge on any atom is 0.310 e. The summed E-state index contributed by atoms with van der Waals surface area (Å²) in [5.74, 6) is 1.03. The van der Waals surface area contributed by atoms with Gasteiger partial charge < -0.3 is 14.6 Å². The zero-order chi connectivity index (χ0) is 13.3. The van der Waals surface area contributed by atoms with Crippen molar-refractivity contribution >= 4 is 11.8 Å². The minimum atomic E-state index is -0.202. The molecule has 0 aromatic carbocycles. The Morgan fingerprint density at radius 3 is 2.89 bits per heavy atom. The minimum absolute atomic E-state index is 0.156. The number of anilines is 1. The third-order valence-electron chi connectivity index (χ3n) is 3.29. The van der Waals surface area contributed by atoms with Crippen molar-refractivity contribution in [2.24, 2.45) is 11.8 Å². The van der Waals surface area contributed by atoms with Crippen LogP contribution in [-0.2, 0) is 9.53 Å². The van der Waals surface area contributed by atoms with E-state index in [1.54, 1.807) is 6.92 Å². The molecule has 6 nitrogen and oxygen atoms in total. The molecule has 1 saturated heterocycles. The van der Waals surface area contributed by atoms with Gasteiger partial charge in [-0.2, -0.15) is 0 Å². The van der Waals surface area contributed by atoms with Crippen LogP contribution in [0.3, 0.4) is 0 Å². The Bertz CT molecular complexity index is 512. The van der Waals surface area contributed by atoms with Crippen LogP contribution in [0.4, 0.5) is 5.82 Å². The first kappa shape index (κ1) is 12.6. The van der Waals surface area contributed by atoms with Gasteiger partial charge in [0.1, 0.15) is 11.6 Å².